The van der Waals surface area contributed by atoms with E-state index in [4.69, 9.17) is 4.74 Å². The van der Waals surface area contributed by atoms with Gasteiger partial charge in [0.2, 0.25) is 5.91 Å². The van der Waals surface area contributed by atoms with Gasteiger partial charge in [-0.25, -0.2) is 0 Å². The van der Waals surface area contributed by atoms with Gasteiger partial charge in [0, 0.05) is 5.69 Å². The van der Waals surface area contributed by atoms with E-state index < -0.39 is 5.92 Å². The maximum absolute atomic E-state index is 12.8. The zero-order valence-electron chi connectivity index (χ0n) is 14.1. The van der Waals surface area contributed by atoms with Crippen LogP contribution in [0.15, 0.2) is 48.5 Å². The monoisotopic (exact) mass is 337 g/mol. The minimum Gasteiger partial charge on any atom is -0.497 e. The summed E-state index contributed by atoms with van der Waals surface area (Å²) < 4.78 is 5.25. The number of H-pyrrole nitrogens is 1. The maximum Gasteiger partial charge on any atom is 0.235 e. The van der Waals surface area contributed by atoms with Crippen LogP contribution in [-0.4, -0.2) is 33.6 Å². The quantitative estimate of drug-likeness (QED) is 0.721. The molecule has 0 unspecified atom stereocenters. The lowest BCUT2D eigenvalue weighted by atomic mass is 9.97. The van der Waals surface area contributed by atoms with E-state index in [1.54, 1.807) is 7.11 Å². The number of carbonyl (C=O) groups is 1. The second-order valence-electron chi connectivity index (χ2n) is 5.74. The number of carbonyl (C=O) groups excluding carboxylic acids is 1. The van der Waals surface area contributed by atoms with E-state index in [1.807, 2.05) is 55.5 Å². The Morgan fingerprint density at radius 3 is 2.80 bits per heavy atom. The highest BCUT2D eigenvalue weighted by Gasteiger charge is 2.25. The Morgan fingerprint density at radius 2 is 2.08 bits per heavy atom. The predicted octanol–water partition coefficient (Wildman–Crippen LogP) is 2.48. The third-order valence-electron chi connectivity index (χ3n) is 3.85. The highest BCUT2D eigenvalue weighted by Crippen LogP contribution is 2.22. The third-order valence-corrected chi connectivity index (χ3v) is 3.85. The van der Waals surface area contributed by atoms with Crippen molar-refractivity contribution in [1.29, 1.82) is 0 Å². The molecule has 0 fully saturated rings. The van der Waals surface area contributed by atoms with Crippen LogP contribution in [0.25, 0.3) is 0 Å². The molecule has 7 nitrogen and oxygen atoms in total. The molecule has 3 aromatic rings. The van der Waals surface area contributed by atoms with E-state index >= 15 is 0 Å². The van der Waals surface area contributed by atoms with Gasteiger partial charge < -0.3 is 10.1 Å². The molecule has 1 heterocycles. The standard InChI is InChI=1S/C18H19N5O2/c1-12-5-3-7-14(9-12)19-18(24)16(17-20-22-23-21-17)11-13-6-4-8-15(10-13)25-2/h3-10,16H,11H2,1-2H3,(H,19,24)(H,20,21,22,23)/t16-/m0/s1. The van der Waals surface area contributed by atoms with Crippen LogP contribution in [-0.2, 0) is 11.2 Å². The number of hydrogen-bond donors (Lipinski definition) is 2. The van der Waals surface area contributed by atoms with Gasteiger partial charge in [-0.3, -0.25) is 4.79 Å². The van der Waals surface area contributed by atoms with Gasteiger partial charge in [0.1, 0.15) is 11.7 Å². The normalized spacial score (nSPS) is 11.8. The van der Waals surface area contributed by atoms with Crippen molar-refractivity contribution >= 4 is 11.6 Å². The van der Waals surface area contributed by atoms with Crippen LogP contribution >= 0.6 is 0 Å². The summed E-state index contributed by atoms with van der Waals surface area (Å²) in [6.07, 6.45) is 0.439. The summed E-state index contributed by atoms with van der Waals surface area (Å²) >= 11 is 0. The summed E-state index contributed by atoms with van der Waals surface area (Å²) in [7, 11) is 1.61. The lowest BCUT2D eigenvalue weighted by Gasteiger charge is -2.14. The topological polar surface area (TPSA) is 92.8 Å². The molecule has 1 aromatic heterocycles. The molecule has 0 radical (unpaired) electrons. The zero-order chi connectivity index (χ0) is 17.6. The number of aryl methyl sites for hydroxylation is 1. The van der Waals surface area contributed by atoms with Crippen molar-refractivity contribution in [2.75, 3.05) is 12.4 Å². The molecule has 2 N–H and O–H groups in total. The summed E-state index contributed by atoms with van der Waals surface area (Å²) in [5, 5.41) is 16.9. The van der Waals surface area contributed by atoms with E-state index in [2.05, 4.69) is 25.9 Å². The number of hydrogen-bond acceptors (Lipinski definition) is 5. The third kappa shape index (κ3) is 4.20. The van der Waals surface area contributed by atoms with E-state index in [0.717, 1.165) is 22.6 Å². The highest BCUT2D eigenvalue weighted by molar-refractivity contribution is 5.95. The molecule has 0 saturated heterocycles. The Morgan fingerprint density at radius 1 is 1.24 bits per heavy atom. The van der Waals surface area contributed by atoms with Crippen molar-refractivity contribution < 1.29 is 9.53 Å². The Bertz CT molecular complexity index is 848. The lowest BCUT2D eigenvalue weighted by molar-refractivity contribution is -0.117. The molecule has 2 aromatic carbocycles. The van der Waals surface area contributed by atoms with Crippen molar-refractivity contribution in [3.05, 3.63) is 65.5 Å². The van der Waals surface area contributed by atoms with Crippen LogP contribution in [0.4, 0.5) is 5.69 Å². The van der Waals surface area contributed by atoms with Gasteiger partial charge in [-0.2, -0.15) is 5.21 Å². The van der Waals surface area contributed by atoms with Gasteiger partial charge in [-0.1, -0.05) is 29.5 Å². The van der Waals surface area contributed by atoms with Gasteiger partial charge in [0.25, 0.3) is 0 Å². The second-order valence-corrected chi connectivity index (χ2v) is 5.74. The molecule has 1 atom stereocenters. The first-order valence-electron chi connectivity index (χ1n) is 7.89. The average Bonchev–Trinajstić information content (AvgIpc) is 3.14. The summed E-state index contributed by atoms with van der Waals surface area (Å²) in [4.78, 5) is 12.8. The average molecular weight is 337 g/mol. The molecule has 128 valence electrons. The Hall–Kier alpha value is -3.22. The van der Waals surface area contributed by atoms with E-state index in [1.165, 1.54) is 0 Å². The lowest BCUT2D eigenvalue weighted by Crippen LogP contribution is -2.24. The van der Waals surface area contributed by atoms with Crippen molar-refractivity contribution in [2.45, 2.75) is 19.3 Å². The van der Waals surface area contributed by atoms with Crippen LogP contribution in [0.1, 0.15) is 22.9 Å². The largest absolute Gasteiger partial charge is 0.497 e. The summed E-state index contributed by atoms with van der Waals surface area (Å²) in [6, 6.07) is 15.2. The number of nitrogens with one attached hydrogen (secondary N) is 2. The molecular formula is C18H19N5O2. The molecule has 0 saturated carbocycles. The van der Waals surface area contributed by atoms with Gasteiger partial charge in [0.15, 0.2) is 5.82 Å². The first kappa shape index (κ1) is 16.6. The van der Waals surface area contributed by atoms with Crippen molar-refractivity contribution in [1.82, 2.24) is 20.6 Å². The highest BCUT2D eigenvalue weighted by atomic mass is 16.5. The first-order chi connectivity index (χ1) is 12.2. The SMILES string of the molecule is COc1cccc(C[C@H](C(=O)Nc2cccc(C)c2)c2nn[nH]n2)c1. The number of anilines is 1. The zero-order valence-corrected chi connectivity index (χ0v) is 14.1. The smallest absolute Gasteiger partial charge is 0.235 e. The molecule has 0 aliphatic heterocycles. The summed E-state index contributed by atoms with van der Waals surface area (Å²) in [6.45, 7) is 1.97. The van der Waals surface area contributed by atoms with Crippen LogP contribution in [0.3, 0.4) is 0 Å². The molecule has 7 heteroatoms. The van der Waals surface area contributed by atoms with Crippen LogP contribution in [0, 0.1) is 6.92 Å². The molecule has 0 spiro atoms. The molecule has 25 heavy (non-hydrogen) atoms. The molecular weight excluding hydrogens is 318 g/mol. The molecule has 0 aliphatic carbocycles. The maximum atomic E-state index is 12.8. The first-order valence-corrected chi connectivity index (χ1v) is 7.89. The number of methoxy groups -OCH3 is 1. The van der Waals surface area contributed by atoms with E-state index in [-0.39, 0.29) is 5.91 Å². The number of aromatic amines is 1. The second kappa shape index (κ2) is 7.57. The van der Waals surface area contributed by atoms with Crippen molar-refractivity contribution in [3.8, 4) is 5.75 Å². The fourth-order valence-electron chi connectivity index (χ4n) is 2.61. The van der Waals surface area contributed by atoms with Crippen LogP contribution < -0.4 is 10.1 Å². The van der Waals surface area contributed by atoms with Crippen LogP contribution in [0.5, 0.6) is 5.75 Å². The molecule has 3 rings (SSSR count). The predicted molar refractivity (Wildman–Crippen MR) is 93.4 cm³/mol. The van der Waals surface area contributed by atoms with E-state index in [0.29, 0.717) is 12.2 Å². The molecule has 0 bridgehead atoms. The minimum absolute atomic E-state index is 0.185. The van der Waals surface area contributed by atoms with Gasteiger partial charge in [-0.15, -0.1) is 10.2 Å². The van der Waals surface area contributed by atoms with Crippen LogP contribution in [0.2, 0.25) is 0 Å². The van der Waals surface area contributed by atoms with Gasteiger partial charge >= 0.3 is 0 Å². The number of aromatic nitrogens is 4. The number of ether oxygens (including phenoxy) is 1. The van der Waals surface area contributed by atoms with E-state index in [9.17, 15) is 4.79 Å². The summed E-state index contributed by atoms with van der Waals surface area (Å²) in [5.41, 5.74) is 2.76. The number of nitrogens with zero attached hydrogens (tertiary/aromatic N) is 3. The fraction of sp³-hybridized carbons (Fsp3) is 0.222. The minimum atomic E-state index is -0.564. The Balaban J connectivity index is 1.83. The van der Waals surface area contributed by atoms with Crippen molar-refractivity contribution in [3.63, 3.8) is 0 Å². The number of tetrazole rings is 1. The number of benzene rings is 2. The molecule has 0 aliphatic rings. The summed E-state index contributed by atoms with van der Waals surface area (Å²) in [5.74, 6) is 0.345. The van der Waals surface area contributed by atoms with Gasteiger partial charge in [-0.05, 0) is 48.7 Å². The number of rotatable bonds is 6. The molecule has 1 amide bonds. The fourth-order valence-corrected chi connectivity index (χ4v) is 2.61. The van der Waals surface area contributed by atoms with Crippen molar-refractivity contribution in [2.24, 2.45) is 0 Å². The van der Waals surface area contributed by atoms with Gasteiger partial charge in [0.05, 0.1) is 7.11 Å². The number of amides is 1. The Kier molecular flexibility index (Phi) is 5.03. The Labute approximate surface area is 145 Å².